The molecule has 0 aliphatic heterocycles. The van der Waals surface area contributed by atoms with Crippen molar-refractivity contribution in [2.75, 3.05) is 47.1 Å². The van der Waals surface area contributed by atoms with Crippen LogP contribution in [0.15, 0.2) is 0 Å². The molecule has 4 nitrogen and oxygen atoms in total. The van der Waals surface area contributed by atoms with Crippen LogP contribution in [-0.4, -0.2) is 64.1 Å². The molecule has 0 amide bonds. The van der Waals surface area contributed by atoms with Crippen LogP contribution in [0.4, 0.5) is 0 Å². The third kappa shape index (κ3) is 8.86. The van der Waals surface area contributed by atoms with Crippen LogP contribution < -0.4 is 5.32 Å². The molecule has 0 saturated heterocycles. The monoisotopic (exact) mass is 260 g/mol. The molecule has 2 atom stereocenters. The average Bonchev–Trinajstić information content (AvgIpc) is 2.39. The van der Waals surface area contributed by atoms with E-state index in [0.717, 1.165) is 39.3 Å². The second-order valence-corrected chi connectivity index (χ2v) is 4.94. The second kappa shape index (κ2) is 11.9. The number of rotatable bonds is 12. The summed E-state index contributed by atoms with van der Waals surface area (Å²) in [6, 6.07) is 1.13. The maximum absolute atomic E-state index is 5.18. The van der Waals surface area contributed by atoms with Crippen molar-refractivity contribution < 1.29 is 9.47 Å². The molecule has 0 spiro atoms. The number of hydrogen-bond donors (Lipinski definition) is 1. The molecule has 110 valence electrons. The van der Waals surface area contributed by atoms with E-state index in [1.165, 1.54) is 6.42 Å². The highest BCUT2D eigenvalue weighted by Crippen LogP contribution is 2.01. The lowest BCUT2D eigenvalue weighted by Gasteiger charge is -2.30. The van der Waals surface area contributed by atoms with Gasteiger partial charge in [-0.2, -0.15) is 0 Å². The number of hydrogen-bond acceptors (Lipinski definition) is 4. The Labute approximate surface area is 113 Å². The summed E-state index contributed by atoms with van der Waals surface area (Å²) in [5.41, 5.74) is 0. The van der Waals surface area contributed by atoms with Crippen LogP contribution in [0, 0.1) is 0 Å². The van der Waals surface area contributed by atoms with E-state index in [0.29, 0.717) is 12.1 Å². The van der Waals surface area contributed by atoms with E-state index < -0.39 is 0 Å². The van der Waals surface area contributed by atoms with Gasteiger partial charge in [-0.05, 0) is 26.7 Å². The summed E-state index contributed by atoms with van der Waals surface area (Å²) in [5, 5.41) is 3.57. The minimum Gasteiger partial charge on any atom is -0.385 e. The van der Waals surface area contributed by atoms with Crippen molar-refractivity contribution in [3.05, 3.63) is 0 Å². The first kappa shape index (κ1) is 17.8. The van der Waals surface area contributed by atoms with Gasteiger partial charge in [0.05, 0.1) is 6.61 Å². The fourth-order valence-corrected chi connectivity index (χ4v) is 1.82. The fraction of sp³-hybridized carbons (Fsp3) is 1.00. The molecule has 1 N–H and O–H groups in total. The van der Waals surface area contributed by atoms with Crippen LogP contribution >= 0.6 is 0 Å². The van der Waals surface area contributed by atoms with Gasteiger partial charge in [-0.25, -0.2) is 0 Å². The van der Waals surface area contributed by atoms with E-state index in [9.17, 15) is 0 Å². The first-order valence-electron chi connectivity index (χ1n) is 7.11. The molecule has 0 aliphatic rings. The van der Waals surface area contributed by atoms with Gasteiger partial charge in [0.15, 0.2) is 0 Å². The lowest BCUT2D eigenvalue weighted by atomic mass is 10.2. The van der Waals surface area contributed by atoms with Crippen LogP contribution in [0.5, 0.6) is 0 Å². The molecule has 0 bridgehead atoms. The lowest BCUT2D eigenvalue weighted by Crippen LogP contribution is -2.44. The van der Waals surface area contributed by atoms with Crippen LogP contribution in [0.25, 0.3) is 0 Å². The zero-order valence-corrected chi connectivity index (χ0v) is 12.9. The normalized spacial score (nSPS) is 15.0. The molecule has 4 heteroatoms. The van der Waals surface area contributed by atoms with E-state index in [4.69, 9.17) is 9.47 Å². The van der Waals surface area contributed by atoms with Gasteiger partial charge < -0.3 is 14.8 Å². The molecule has 0 saturated carbocycles. The summed E-state index contributed by atoms with van der Waals surface area (Å²) in [4.78, 5) is 2.47. The van der Waals surface area contributed by atoms with Crippen molar-refractivity contribution >= 4 is 0 Å². The Balaban J connectivity index is 3.99. The van der Waals surface area contributed by atoms with E-state index in [2.05, 4.69) is 31.0 Å². The largest absolute Gasteiger partial charge is 0.385 e. The Hall–Kier alpha value is -0.160. The van der Waals surface area contributed by atoms with Crippen LogP contribution in [0.1, 0.15) is 33.6 Å². The third-order valence-electron chi connectivity index (χ3n) is 3.37. The summed E-state index contributed by atoms with van der Waals surface area (Å²) in [6.07, 6.45) is 2.25. The molecular weight excluding hydrogens is 228 g/mol. The predicted octanol–water partition coefficient (Wildman–Crippen LogP) is 1.75. The first-order valence-corrected chi connectivity index (χ1v) is 7.11. The van der Waals surface area contributed by atoms with Crippen molar-refractivity contribution in [1.29, 1.82) is 0 Å². The van der Waals surface area contributed by atoms with Gasteiger partial charge in [-0.15, -0.1) is 0 Å². The topological polar surface area (TPSA) is 33.7 Å². The zero-order chi connectivity index (χ0) is 13.8. The molecule has 0 aromatic rings. The maximum atomic E-state index is 5.18. The van der Waals surface area contributed by atoms with Gasteiger partial charge in [-0.3, -0.25) is 4.90 Å². The minimum absolute atomic E-state index is 0.533. The average molecular weight is 260 g/mol. The highest BCUT2D eigenvalue weighted by molar-refractivity contribution is 4.71. The molecule has 0 aliphatic carbocycles. The molecule has 0 radical (unpaired) electrons. The van der Waals surface area contributed by atoms with Gasteiger partial charge in [0.1, 0.15) is 0 Å². The van der Waals surface area contributed by atoms with Crippen LogP contribution in [-0.2, 0) is 9.47 Å². The van der Waals surface area contributed by atoms with Crippen LogP contribution in [0.3, 0.4) is 0 Å². The Morgan fingerprint density at radius 3 is 2.28 bits per heavy atom. The summed E-state index contributed by atoms with van der Waals surface area (Å²) in [5.74, 6) is 0. The summed E-state index contributed by atoms with van der Waals surface area (Å²) >= 11 is 0. The summed E-state index contributed by atoms with van der Waals surface area (Å²) in [6.45, 7) is 11.4. The lowest BCUT2D eigenvalue weighted by molar-refractivity contribution is 0.109. The number of methoxy groups -OCH3 is 2. The molecule has 18 heavy (non-hydrogen) atoms. The summed E-state index contributed by atoms with van der Waals surface area (Å²) in [7, 11) is 3.52. The summed E-state index contributed by atoms with van der Waals surface area (Å²) < 4.78 is 10.3. The molecule has 0 aromatic heterocycles. The molecule has 2 unspecified atom stereocenters. The Kier molecular flexibility index (Phi) is 11.8. The van der Waals surface area contributed by atoms with Crippen molar-refractivity contribution in [2.24, 2.45) is 0 Å². The molecule has 0 rings (SSSR count). The van der Waals surface area contributed by atoms with Crippen molar-refractivity contribution in [3.8, 4) is 0 Å². The number of nitrogens with zero attached hydrogens (tertiary/aromatic N) is 1. The minimum atomic E-state index is 0.533. The van der Waals surface area contributed by atoms with Crippen molar-refractivity contribution in [3.63, 3.8) is 0 Å². The molecule has 0 fully saturated rings. The van der Waals surface area contributed by atoms with Crippen molar-refractivity contribution in [1.82, 2.24) is 10.2 Å². The Morgan fingerprint density at radius 1 is 1.06 bits per heavy atom. The first-order chi connectivity index (χ1) is 8.65. The van der Waals surface area contributed by atoms with Gasteiger partial charge >= 0.3 is 0 Å². The number of nitrogens with one attached hydrogen (secondary N) is 1. The van der Waals surface area contributed by atoms with Crippen LogP contribution in [0.2, 0.25) is 0 Å². The van der Waals surface area contributed by atoms with Gasteiger partial charge in [-0.1, -0.05) is 6.92 Å². The Bertz CT molecular complexity index is 179. The smallest absolute Gasteiger partial charge is 0.0589 e. The van der Waals surface area contributed by atoms with Gasteiger partial charge in [0.2, 0.25) is 0 Å². The standard InChI is InChI=1S/C14H32N2O2/c1-6-13(2)15-12-14(3)16(9-11-18-5)8-7-10-17-4/h13-15H,6-12H2,1-5H3. The molecule has 0 aromatic carbocycles. The quantitative estimate of drug-likeness (QED) is 0.542. The van der Waals surface area contributed by atoms with Gasteiger partial charge in [0, 0.05) is 52.5 Å². The maximum Gasteiger partial charge on any atom is 0.0589 e. The highest BCUT2D eigenvalue weighted by Gasteiger charge is 2.13. The van der Waals surface area contributed by atoms with E-state index in [1.807, 2.05) is 0 Å². The second-order valence-electron chi connectivity index (χ2n) is 4.94. The van der Waals surface area contributed by atoms with E-state index in [-0.39, 0.29) is 0 Å². The fourth-order valence-electron chi connectivity index (χ4n) is 1.82. The van der Waals surface area contributed by atoms with Gasteiger partial charge in [0.25, 0.3) is 0 Å². The SMILES string of the molecule is CCC(C)NCC(C)N(CCCOC)CCOC. The number of ether oxygens (including phenoxy) is 2. The van der Waals surface area contributed by atoms with E-state index >= 15 is 0 Å². The third-order valence-corrected chi connectivity index (χ3v) is 3.37. The van der Waals surface area contributed by atoms with E-state index in [1.54, 1.807) is 14.2 Å². The molecule has 0 heterocycles. The van der Waals surface area contributed by atoms with Crippen molar-refractivity contribution in [2.45, 2.75) is 45.7 Å². The predicted molar refractivity (Wildman–Crippen MR) is 77.2 cm³/mol. The molecular formula is C14H32N2O2. The Morgan fingerprint density at radius 2 is 1.72 bits per heavy atom. The zero-order valence-electron chi connectivity index (χ0n) is 12.9. The highest BCUT2D eigenvalue weighted by atomic mass is 16.5.